The number of aromatic nitrogens is 5. The van der Waals surface area contributed by atoms with Gasteiger partial charge in [-0.1, -0.05) is 36.4 Å². The molecule has 28 heavy (non-hydrogen) atoms. The fourth-order valence-corrected chi connectivity index (χ4v) is 3.10. The van der Waals surface area contributed by atoms with Crippen molar-refractivity contribution >= 4 is 22.8 Å². The second kappa shape index (κ2) is 6.92. The molecule has 0 saturated carbocycles. The third-order valence-electron chi connectivity index (χ3n) is 4.38. The molecule has 0 amide bonds. The summed E-state index contributed by atoms with van der Waals surface area (Å²) < 4.78 is 2.04. The molecule has 0 bridgehead atoms. The molecule has 1 N–H and O–H groups in total. The fraction of sp³-hybridized carbons (Fsp3) is 0. The van der Waals surface area contributed by atoms with Gasteiger partial charge in [-0.3, -0.25) is 9.55 Å². The minimum Gasteiger partial charge on any atom is -0.324 e. The van der Waals surface area contributed by atoms with Crippen LogP contribution < -0.4 is 5.32 Å². The van der Waals surface area contributed by atoms with Gasteiger partial charge < -0.3 is 5.32 Å². The molecule has 0 unspecified atom stereocenters. The molecule has 0 fully saturated rings. The van der Waals surface area contributed by atoms with Crippen LogP contribution in [-0.4, -0.2) is 24.5 Å². The van der Waals surface area contributed by atoms with E-state index in [0.717, 1.165) is 33.9 Å². The molecule has 0 atom stereocenters. The van der Waals surface area contributed by atoms with Gasteiger partial charge in [-0.05, 0) is 36.4 Å². The van der Waals surface area contributed by atoms with Crippen molar-refractivity contribution in [1.82, 2.24) is 24.5 Å². The molecule has 134 valence electrons. The summed E-state index contributed by atoms with van der Waals surface area (Å²) in [4.78, 5) is 18.1. The molecule has 0 aliphatic carbocycles. The molecule has 3 aromatic heterocycles. The molecule has 0 saturated heterocycles. The largest absolute Gasteiger partial charge is 0.324 e. The number of para-hydroxylation sites is 2. The lowest BCUT2D eigenvalue weighted by Gasteiger charge is -2.09. The first-order chi connectivity index (χ1) is 13.9. The smallest absolute Gasteiger partial charge is 0.229 e. The zero-order valence-electron chi connectivity index (χ0n) is 14.9. The molecule has 0 spiro atoms. The Bertz CT molecular complexity index is 1220. The molecule has 0 aliphatic rings. The summed E-state index contributed by atoms with van der Waals surface area (Å²) in [7, 11) is 0. The number of nitrogens with zero attached hydrogens (tertiary/aromatic N) is 5. The highest BCUT2D eigenvalue weighted by atomic mass is 15.2. The van der Waals surface area contributed by atoms with Crippen LogP contribution in [0, 0.1) is 0 Å². The van der Waals surface area contributed by atoms with Crippen molar-refractivity contribution < 1.29 is 0 Å². The average Bonchev–Trinajstić information content (AvgIpc) is 3.14. The maximum absolute atomic E-state index is 4.79. The van der Waals surface area contributed by atoms with Gasteiger partial charge >= 0.3 is 0 Å². The quantitative estimate of drug-likeness (QED) is 0.504. The molecular weight excluding hydrogens is 348 g/mol. The first-order valence-corrected chi connectivity index (χ1v) is 8.92. The van der Waals surface area contributed by atoms with Gasteiger partial charge in [0.05, 0.1) is 6.20 Å². The van der Waals surface area contributed by atoms with Crippen LogP contribution in [0.3, 0.4) is 0 Å². The molecule has 0 aliphatic heterocycles. The SMILES string of the molecule is c1ccc(Nc2ncc3nc(-c4ccncc4)n(-c4ccccc4)c3n2)cc1. The Morgan fingerprint density at radius 1 is 0.750 bits per heavy atom. The molecule has 6 nitrogen and oxygen atoms in total. The third-order valence-corrected chi connectivity index (χ3v) is 4.38. The van der Waals surface area contributed by atoms with Gasteiger partial charge in [-0.2, -0.15) is 4.98 Å². The Hall–Kier alpha value is -4.06. The van der Waals surface area contributed by atoms with E-state index in [1.807, 2.05) is 77.4 Å². The number of rotatable bonds is 4. The normalized spacial score (nSPS) is 10.9. The Balaban J connectivity index is 1.70. The Morgan fingerprint density at radius 2 is 1.46 bits per heavy atom. The van der Waals surface area contributed by atoms with Crippen molar-refractivity contribution in [3.8, 4) is 17.1 Å². The van der Waals surface area contributed by atoms with Crippen LogP contribution in [0.15, 0.2) is 91.4 Å². The minimum atomic E-state index is 0.525. The van der Waals surface area contributed by atoms with Crippen LogP contribution in [0.1, 0.15) is 0 Å². The molecular formula is C22H16N6. The molecule has 0 radical (unpaired) electrons. The first-order valence-electron chi connectivity index (χ1n) is 8.92. The van der Waals surface area contributed by atoms with Gasteiger partial charge in [0, 0.05) is 29.3 Å². The van der Waals surface area contributed by atoms with E-state index in [4.69, 9.17) is 9.97 Å². The van der Waals surface area contributed by atoms with Gasteiger partial charge in [0.2, 0.25) is 5.95 Å². The average molecular weight is 364 g/mol. The highest BCUT2D eigenvalue weighted by Gasteiger charge is 2.16. The van der Waals surface area contributed by atoms with Crippen molar-refractivity contribution in [3.05, 3.63) is 91.4 Å². The molecule has 5 rings (SSSR count). The van der Waals surface area contributed by atoms with E-state index in [0.29, 0.717) is 5.95 Å². The molecule has 5 aromatic rings. The van der Waals surface area contributed by atoms with Crippen molar-refractivity contribution in [2.75, 3.05) is 5.32 Å². The zero-order chi connectivity index (χ0) is 18.8. The number of hydrogen-bond donors (Lipinski definition) is 1. The van der Waals surface area contributed by atoms with Crippen molar-refractivity contribution in [2.24, 2.45) is 0 Å². The van der Waals surface area contributed by atoms with Crippen LogP contribution in [0.2, 0.25) is 0 Å². The van der Waals surface area contributed by atoms with Crippen LogP contribution in [0.5, 0.6) is 0 Å². The Kier molecular flexibility index (Phi) is 3.99. The number of imidazole rings is 1. The third kappa shape index (κ3) is 2.97. The number of pyridine rings is 1. The van der Waals surface area contributed by atoms with Gasteiger partial charge in [0.15, 0.2) is 5.65 Å². The summed E-state index contributed by atoms with van der Waals surface area (Å²) in [6.07, 6.45) is 5.27. The van der Waals surface area contributed by atoms with E-state index in [1.54, 1.807) is 18.6 Å². The first kappa shape index (κ1) is 16.1. The summed E-state index contributed by atoms with van der Waals surface area (Å²) >= 11 is 0. The van der Waals surface area contributed by atoms with Crippen molar-refractivity contribution in [2.45, 2.75) is 0 Å². The number of fused-ring (bicyclic) bond motifs is 1. The number of hydrogen-bond acceptors (Lipinski definition) is 5. The van der Waals surface area contributed by atoms with E-state index in [-0.39, 0.29) is 0 Å². The molecule has 3 heterocycles. The zero-order valence-corrected chi connectivity index (χ0v) is 14.9. The van der Waals surface area contributed by atoms with Gasteiger partial charge in [0.25, 0.3) is 0 Å². The second-order valence-electron chi connectivity index (χ2n) is 6.24. The van der Waals surface area contributed by atoms with E-state index in [2.05, 4.69) is 15.3 Å². The van der Waals surface area contributed by atoms with E-state index < -0.39 is 0 Å². The van der Waals surface area contributed by atoms with Gasteiger partial charge in [-0.25, -0.2) is 9.97 Å². The van der Waals surface area contributed by atoms with Crippen LogP contribution in [-0.2, 0) is 0 Å². The molecule has 6 heteroatoms. The topological polar surface area (TPSA) is 68.5 Å². The minimum absolute atomic E-state index is 0.525. The lowest BCUT2D eigenvalue weighted by Crippen LogP contribution is -2.01. The monoisotopic (exact) mass is 364 g/mol. The Morgan fingerprint density at radius 3 is 2.21 bits per heavy atom. The van der Waals surface area contributed by atoms with E-state index in [1.165, 1.54) is 0 Å². The number of anilines is 2. The second-order valence-corrected chi connectivity index (χ2v) is 6.24. The van der Waals surface area contributed by atoms with Crippen molar-refractivity contribution in [1.29, 1.82) is 0 Å². The highest BCUT2D eigenvalue weighted by Crippen LogP contribution is 2.27. The standard InChI is InChI=1S/C22H16N6/c1-3-7-17(8-4-1)25-22-24-15-19-21(27-22)28(18-9-5-2-6-10-18)20(26-19)16-11-13-23-14-12-16/h1-15H,(H,24,25,27). The fourth-order valence-electron chi connectivity index (χ4n) is 3.10. The van der Waals surface area contributed by atoms with Gasteiger partial charge in [0.1, 0.15) is 11.3 Å². The van der Waals surface area contributed by atoms with Crippen LogP contribution in [0.4, 0.5) is 11.6 Å². The predicted octanol–water partition coefficient (Wildman–Crippen LogP) is 4.62. The lowest BCUT2D eigenvalue weighted by molar-refractivity contribution is 1.07. The lowest BCUT2D eigenvalue weighted by atomic mass is 10.2. The highest BCUT2D eigenvalue weighted by molar-refractivity contribution is 5.80. The summed E-state index contributed by atoms with van der Waals surface area (Å²) in [5.41, 5.74) is 4.36. The summed E-state index contributed by atoms with van der Waals surface area (Å²) in [6.45, 7) is 0. The molecule has 2 aromatic carbocycles. The van der Waals surface area contributed by atoms with Crippen LogP contribution in [0.25, 0.3) is 28.2 Å². The number of nitrogens with one attached hydrogen (secondary N) is 1. The maximum atomic E-state index is 4.79. The van der Waals surface area contributed by atoms with Crippen molar-refractivity contribution in [3.63, 3.8) is 0 Å². The van der Waals surface area contributed by atoms with Crippen LogP contribution >= 0.6 is 0 Å². The Labute approximate surface area is 161 Å². The summed E-state index contributed by atoms with van der Waals surface area (Å²) in [5.74, 6) is 1.33. The number of benzene rings is 2. The van der Waals surface area contributed by atoms with Gasteiger partial charge in [-0.15, -0.1) is 0 Å². The van der Waals surface area contributed by atoms with E-state index in [9.17, 15) is 0 Å². The van der Waals surface area contributed by atoms with E-state index >= 15 is 0 Å². The predicted molar refractivity (Wildman–Crippen MR) is 110 cm³/mol. The summed E-state index contributed by atoms with van der Waals surface area (Å²) in [5, 5.41) is 3.25. The summed E-state index contributed by atoms with van der Waals surface area (Å²) in [6, 6.07) is 23.8. The maximum Gasteiger partial charge on any atom is 0.229 e.